The number of aromatic nitrogens is 2. The largest absolute Gasteiger partial charge is 0.464 e. The van der Waals surface area contributed by atoms with Gasteiger partial charge in [-0.1, -0.05) is 6.92 Å². The van der Waals surface area contributed by atoms with Crippen LogP contribution >= 0.6 is 0 Å². The second-order valence-corrected chi connectivity index (χ2v) is 3.79. The summed E-state index contributed by atoms with van der Waals surface area (Å²) in [7, 11) is 1.16. The summed E-state index contributed by atoms with van der Waals surface area (Å²) >= 11 is 0. The van der Waals surface area contributed by atoms with Gasteiger partial charge < -0.3 is 9.64 Å². The lowest BCUT2D eigenvalue weighted by Gasteiger charge is -2.24. The van der Waals surface area contributed by atoms with Crippen molar-refractivity contribution in [1.29, 1.82) is 0 Å². The summed E-state index contributed by atoms with van der Waals surface area (Å²) in [6.45, 7) is 0.778. The molecule has 0 atom stereocenters. The molecule has 0 bridgehead atoms. The highest BCUT2D eigenvalue weighted by atomic mass is 19.4. The fourth-order valence-electron chi connectivity index (χ4n) is 1.47. The highest BCUT2D eigenvalue weighted by molar-refractivity contribution is 5.87. The molecule has 0 fully saturated rings. The van der Waals surface area contributed by atoms with Crippen molar-refractivity contribution in [2.45, 2.75) is 19.5 Å². The SMILES string of the molecule is CCCN(CC(F)(F)F)c1cncc(C(=O)OC)n1. The van der Waals surface area contributed by atoms with Gasteiger partial charge in [-0.3, -0.25) is 4.98 Å². The van der Waals surface area contributed by atoms with Gasteiger partial charge in [0.2, 0.25) is 0 Å². The van der Waals surface area contributed by atoms with Gasteiger partial charge in [-0.05, 0) is 6.42 Å². The molecule has 1 aromatic rings. The Bertz CT molecular complexity index is 437. The van der Waals surface area contributed by atoms with Crippen LogP contribution in [-0.2, 0) is 4.74 Å². The van der Waals surface area contributed by atoms with Crippen molar-refractivity contribution < 1.29 is 22.7 Å². The van der Waals surface area contributed by atoms with Crippen molar-refractivity contribution in [2.24, 2.45) is 0 Å². The Labute approximate surface area is 108 Å². The standard InChI is InChI=1S/C11H14F3N3O2/c1-3-4-17(7-11(12,13)14)9-6-15-5-8(16-9)10(18)19-2/h5-6H,3-4,7H2,1-2H3. The molecule has 0 aliphatic carbocycles. The lowest BCUT2D eigenvalue weighted by atomic mass is 10.3. The van der Waals surface area contributed by atoms with Gasteiger partial charge in [0.05, 0.1) is 19.5 Å². The normalized spacial score (nSPS) is 11.2. The van der Waals surface area contributed by atoms with E-state index in [0.717, 1.165) is 18.2 Å². The summed E-state index contributed by atoms with van der Waals surface area (Å²) in [4.78, 5) is 19.8. The van der Waals surface area contributed by atoms with Crippen molar-refractivity contribution in [2.75, 3.05) is 25.1 Å². The molecule has 0 N–H and O–H groups in total. The fourth-order valence-corrected chi connectivity index (χ4v) is 1.47. The first-order valence-corrected chi connectivity index (χ1v) is 5.59. The van der Waals surface area contributed by atoms with Crippen LogP contribution in [-0.4, -0.2) is 42.3 Å². The Morgan fingerprint density at radius 1 is 1.42 bits per heavy atom. The molecule has 1 heterocycles. The molecule has 0 saturated carbocycles. The second-order valence-electron chi connectivity index (χ2n) is 3.79. The topological polar surface area (TPSA) is 55.3 Å². The summed E-state index contributed by atoms with van der Waals surface area (Å²) < 4.78 is 41.8. The Hall–Kier alpha value is -1.86. The average molecular weight is 277 g/mol. The minimum Gasteiger partial charge on any atom is -0.464 e. The molecule has 8 heteroatoms. The molecule has 106 valence electrons. The number of methoxy groups -OCH3 is 1. The Morgan fingerprint density at radius 2 is 2.11 bits per heavy atom. The van der Waals surface area contributed by atoms with E-state index in [0.29, 0.717) is 6.42 Å². The van der Waals surface area contributed by atoms with Crippen molar-refractivity contribution in [3.05, 3.63) is 18.1 Å². The molecule has 0 aromatic carbocycles. The van der Waals surface area contributed by atoms with Crippen LogP contribution in [0, 0.1) is 0 Å². The number of esters is 1. The fraction of sp³-hybridized carbons (Fsp3) is 0.545. The molecule has 0 saturated heterocycles. The van der Waals surface area contributed by atoms with Gasteiger partial charge in [-0.25, -0.2) is 9.78 Å². The molecule has 19 heavy (non-hydrogen) atoms. The van der Waals surface area contributed by atoms with E-state index >= 15 is 0 Å². The zero-order valence-electron chi connectivity index (χ0n) is 10.6. The molecule has 1 rings (SSSR count). The molecular weight excluding hydrogens is 263 g/mol. The zero-order chi connectivity index (χ0) is 14.5. The first-order chi connectivity index (χ1) is 8.87. The van der Waals surface area contributed by atoms with E-state index in [1.54, 1.807) is 6.92 Å². The molecule has 0 amide bonds. The quantitative estimate of drug-likeness (QED) is 0.771. The van der Waals surface area contributed by atoms with Gasteiger partial charge in [-0.2, -0.15) is 13.2 Å². The monoisotopic (exact) mass is 277 g/mol. The second kappa shape index (κ2) is 6.35. The summed E-state index contributed by atoms with van der Waals surface area (Å²) in [5, 5.41) is 0. The summed E-state index contributed by atoms with van der Waals surface area (Å²) in [5.74, 6) is -0.736. The van der Waals surface area contributed by atoms with Gasteiger partial charge in [0.1, 0.15) is 12.4 Å². The van der Waals surface area contributed by atoms with E-state index in [1.165, 1.54) is 6.20 Å². The Balaban J connectivity index is 2.99. The number of anilines is 1. The third-order valence-electron chi connectivity index (χ3n) is 2.20. The predicted octanol–water partition coefficient (Wildman–Crippen LogP) is 2.04. The number of hydrogen-bond donors (Lipinski definition) is 0. The maximum atomic E-state index is 12.5. The van der Waals surface area contributed by atoms with Crippen LogP contribution in [0.3, 0.4) is 0 Å². The highest BCUT2D eigenvalue weighted by Crippen LogP contribution is 2.20. The van der Waals surface area contributed by atoms with Crippen molar-refractivity contribution >= 4 is 11.8 Å². The number of alkyl halides is 3. The van der Waals surface area contributed by atoms with E-state index in [4.69, 9.17) is 0 Å². The van der Waals surface area contributed by atoms with Crippen LogP contribution in [0.25, 0.3) is 0 Å². The molecule has 0 unspecified atom stereocenters. The number of carbonyl (C=O) groups excluding carboxylic acids is 1. The summed E-state index contributed by atoms with van der Waals surface area (Å²) in [5.41, 5.74) is -0.122. The highest BCUT2D eigenvalue weighted by Gasteiger charge is 2.31. The molecule has 0 spiro atoms. The van der Waals surface area contributed by atoms with Crippen LogP contribution in [0.2, 0.25) is 0 Å². The maximum Gasteiger partial charge on any atom is 0.405 e. The number of rotatable bonds is 5. The molecule has 5 nitrogen and oxygen atoms in total. The van der Waals surface area contributed by atoms with E-state index in [-0.39, 0.29) is 18.1 Å². The average Bonchev–Trinajstić information content (AvgIpc) is 2.36. The molecule has 0 radical (unpaired) electrons. The van der Waals surface area contributed by atoms with E-state index in [9.17, 15) is 18.0 Å². The van der Waals surface area contributed by atoms with Crippen LogP contribution in [0.15, 0.2) is 12.4 Å². The Morgan fingerprint density at radius 3 is 2.63 bits per heavy atom. The minimum atomic E-state index is -4.35. The first kappa shape index (κ1) is 15.2. The third kappa shape index (κ3) is 4.72. The smallest absolute Gasteiger partial charge is 0.405 e. The zero-order valence-corrected chi connectivity index (χ0v) is 10.6. The van der Waals surface area contributed by atoms with E-state index in [1.807, 2.05) is 0 Å². The minimum absolute atomic E-state index is 0.00192. The van der Waals surface area contributed by atoms with Gasteiger partial charge in [-0.15, -0.1) is 0 Å². The van der Waals surface area contributed by atoms with Crippen LogP contribution in [0.1, 0.15) is 23.8 Å². The van der Waals surface area contributed by atoms with Crippen molar-refractivity contribution in [1.82, 2.24) is 9.97 Å². The van der Waals surface area contributed by atoms with Crippen LogP contribution in [0.5, 0.6) is 0 Å². The van der Waals surface area contributed by atoms with Crippen LogP contribution in [0.4, 0.5) is 19.0 Å². The van der Waals surface area contributed by atoms with Gasteiger partial charge in [0.15, 0.2) is 5.69 Å². The first-order valence-electron chi connectivity index (χ1n) is 5.59. The molecule has 0 aliphatic rings. The van der Waals surface area contributed by atoms with Gasteiger partial charge in [0.25, 0.3) is 0 Å². The van der Waals surface area contributed by atoms with E-state index in [2.05, 4.69) is 14.7 Å². The number of nitrogens with zero attached hydrogens (tertiary/aromatic N) is 3. The molecule has 0 aliphatic heterocycles. The van der Waals surface area contributed by atoms with Gasteiger partial charge >= 0.3 is 12.1 Å². The lowest BCUT2D eigenvalue weighted by molar-refractivity contribution is -0.119. The summed E-state index contributed by atoms with van der Waals surface area (Å²) in [6.07, 6.45) is -1.50. The van der Waals surface area contributed by atoms with Gasteiger partial charge in [0, 0.05) is 6.54 Å². The number of ether oxygens (including phenoxy) is 1. The Kier molecular flexibility index (Phi) is 5.08. The molecule has 1 aromatic heterocycles. The van der Waals surface area contributed by atoms with Crippen molar-refractivity contribution in [3.63, 3.8) is 0 Å². The van der Waals surface area contributed by atoms with E-state index < -0.39 is 18.7 Å². The van der Waals surface area contributed by atoms with Crippen molar-refractivity contribution in [3.8, 4) is 0 Å². The predicted molar refractivity (Wildman–Crippen MR) is 61.9 cm³/mol. The maximum absolute atomic E-state index is 12.5. The third-order valence-corrected chi connectivity index (χ3v) is 2.20. The lowest BCUT2D eigenvalue weighted by Crippen LogP contribution is -2.35. The number of halogens is 3. The summed E-state index contributed by atoms with van der Waals surface area (Å²) in [6, 6.07) is 0. The van der Waals surface area contributed by atoms with Crippen LogP contribution < -0.4 is 4.90 Å². The number of hydrogen-bond acceptors (Lipinski definition) is 5. The molecular formula is C11H14F3N3O2. The number of carbonyl (C=O) groups is 1.